The number of allylic oxidation sites excluding steroid dienone is 1. The van der Waals surface area contributed by atoms with Gasteiger partial charge in [0.05, 0.1) is 23.0 Å². The first-order valence-corrected chi connectivity index (χ1v) is 9.90. The van der Waals surface area contributed by atoms with E-state index in [1.807, 2.05) is 23.5 Å². The van der Waals surface area contributed by atoms with Gasteiger partial charge >= 0.3 is 11.9 Å². The fourth-order valence-electron chi connectivity index (χ4n) is 4.43. The third-order valence-corrected chi connectivity index (χ3v) is 8.88. The average molecular weight is 340 g/mol. The van der Waals surface area contributed by atoms with Crippen LogP contribution in [-0.2, 0) is 19.1 Å². The second kappa shape index (κ2) is 5.48. The van der Waals surface area contributed by atoms with E-state index >= 15 is 0 Å². The summed E-state index contributed by atoms with van der Waals surface area (Å²) in [6, 6.07) is 0. The maximum Gasteiger partial charge on any atom is 0.310 e. The minimum atomic E-state index is -0.370. The Hall–Kier alpha value is -0.620. The lowest BCUT2D eigenvalue weighted by Gasteiger charge is -2.48. The molecule has 0 aromatic heterocycles. The molecule has 4 rings (SSSR count). The Bertz CT molecular complexity index is 538. The molecule has 0 N–H and O–H groups in total. The molecular weight excluding hydrogens is 320 g/mol. The zero-order valence-corrected chi connectivity index (χ0v) is 14.2. The summed E-state index contributed by atoms with van der Waals surface area (Å²) >= 11 is 4.06. The number of hydrogen-bond donors (Lipinski definition) is 0. The topological polar surface area (TPSA) is 52.6 Å². The molecule has 2 aliphatic heterocycles. The number of carbonyl (C=O) groups is 2. The number of thioether (sulfide) groups is 2. The summed E-state index contributed by atoms with van der Waals surface area (Å²) in [4.78, 5) is 24.5. The molecule has 3 fully saturated rings. The molecule has 0 aromatic rings. The Morgan fingerprint density at radius 2 is 2.14 bits per heavy atom. The smallest absolute Gasteiger partial charge is 0.310 e. The molecule has 0 radical (unpaired) electrons. The molecule has 4 atom stereocenters. The van der Waals surface area contributed by atoms with Crippen molar-refractivity contribution in [2.75, 3.05) is 18.6 Å². The molecule has 0 unspecified atom stereocenters. The van der Waals surface area contributed by atoms with Crippen molar-refractivity contribution in [1.29, 1.82) is 0 Å². The summed E-state index contributed by atoms with van der Waals surface area (Å²) in [5.41, 5.74) is 1.37. The minimum Gasteiger partial charge on any atom is -0.469 e. The summed E-state index contributed by atoms with van der Waals surface area (Å²) < 4.78 is 10.7. The van der Waals surface area contributed by atoms with Gasteiger partial charge in [0.15, 0.2) is 0 Å². The second-order valence-corrected chi connectivity index (χ2v) is 9.44. The van der Waals surface area contributed by atoms with Gasteiger partial charge in [-0.05, 0) is 42.8 Å². The number of esters is 2. The number of rotatable bonds is 1. The van der Waals surface area contributed by atoms with Gasteiger partial charge in [-0.1, -0.05) is 6.08 Å². The molecule has 120 valence electrons. The van der Waals surface area contributed by atoms with Crippen molar-refractivity contribution in [3.8, 4) is 0 Å². The third kappa shape index (κ3) is 2.06. The summed E-state index contributed by atoms with van der Waals surface area (Å²) in [5.74, 6) is 1.27. The van der Waals surface area contributed by atoms with E-state index in [-0.39, 0.29) is 39.9 Å². The number of hydrogen-bond acceptors (Lipinski definition) is 6. The van der Waals surface area contributed by atoms with Crippen molar-refractivity contribution < 1.29 is 19.1 Å². The van der Waals surface area contributed by atoms with Crippen molar-refractivity contribution in [2.45, 2.75) is 35.9 Å². The van der Waals surface area contributed by atoms with Crippen LogP contribution in [0.3, 0.4) is 0 Å². The van der Waals surface area contributed by atoms with Gasteiger partial charge in [0, 0.05) is 5.92 Å². The van der Waals surface area contributed by atoms with E-state index in [0.29, 0.717) is 6.42 Å². The third-order valence-electron chi connectivity index (χ3n) is 5.37. The molecule has 1 spiro atoms. The fraction of sp³-hybridized carbons (Fsp3) is 0.750. The molecule has 6 heteroatoms. The summed E-state index contributed by atoms with van der Waals surface area (Å²) in [7, 11) is 1.40. The molecule has 22 heavy (non-hydrogen) atoms. The predicted molar refractivity (Wildman–Crippen MR) is 86.6 cm³/mol. The SMILES string of the molecule is COC(=O)[C@@H]1CC=C2[C@H]3[C@@H]1C(=O)O[C@@H]3CCC21SCCCS1. The van der Waals surface area contributed by atoms with Gasteiger partial charge in [-0.2, -0.15) is 0 Å². The van der Waals surface area contributed by atoms with Crippen LogP contribution in [0.2, 0.25) is 0 Å². The number of fused-ring (bicyclic) bond motifs is 1. The van der Waals surface area contributed by atoms with Gasteiger partial charge in [0.2, 0.25) is 0 Å². The van der Waals surface area contributed by atoms with Gasteiger partial charge in [0.25, 0.3) is 0 Å². The van der Waals surface area contributed by atoms with Crippen molar-refractivity contribution in [3.05, 3.63) is 11.6 Å². The number of ether oxygens (including phenoxy) is 2. The molecule has 0 bridgehead atoms. The average Bonchev–Trinajstić information content (AvgIpc) is 2.89. The molecule has 0 amide bonds. The first-order valence-electron chi connectivity index (χ1n) is 7.93. The standard InChI is InChI=1S/C16H20O4S2/c1-19-14(17)9-3-4-10-13-11(20-15(18)12(9)13)5-6-16(10)21-7-2-8-22-16/h4,9,11-13H,2-3,5-8H2,1H3/t9-,11-,12-,13-/m1/s1. The Morgan fingerprint density at radius 1 is 1.36 bits per heavy atom. The highest BCUT2D eigenvalue weighted by molar-refractivity contribution is 8.19. The van der Waals surface area contributed by atoms with Crippen LogP contribution in [0.1, 0.15) is 25.7 Å². The Kier molecular flexibility index (Phi) is 3.72. The van der Waals surface area contributed by atoms with Gasteiger partial charge in [-0.3, -0.25) is 9.59 Å². The van der Waals surface area contributed by atoms with E-state index in [1.54, 1.807) is 0 Å². The van der Waals surface area contributed by atoms with Crippen LogP contribution in [-0.4, -0.2) is 40.7 Å². The number of carbonyl (C=O) groups excluding carboxylic acids is 2. The molecule has 4 nitrogen and oxygen atoms in total. The van der Waals surface area contributed by atoms with Crippen LogP contribution >= 0.6 is 23.5 Å². The highest BCUT2D eigenvalue weighted by Gasteiger charge is 2.60. The summed E-state index contributed by atoms with van der Waals surface area (Å²) in [5, 5.41) is 0. The van der Waals surface area contributed by atoms with E-state index in [9.17, 15) is 9.59 Å². The van der Waals surface area contributed by atoms with Crippen LogP contribution in [0.4, 0.5) is 0 Å². The Labute approximate surface area is 138 Å². The largest absolute Gasteiger partial charge is 0.469 e. The number of methoxy groups -OCH3 is 1. The van der Waals surface area contributed by atoms with E-state index in [1.165, 1.54) is 30.6 Å². The summed E-state index contributed by atoms with van der Waals surface area (Å²) in [6.45, 7) is 0. The quantitative estimate of drug-likeness (QED) is 0.540. The molecule has 0 aromatic carbocycles. The van der Waals surface area contributed by atoms with Crippen LogP contribution in [0.15, 0.2) is 11.6 Å². The lowest BCUT2D eigenvalue weighted by atomic mass is 9.66. The van der Waals surface area contributed by atoms with E-state index in [2.05, 4.69) is 6.08 Å². The van der Waals surface area contributed by atoms with Gasteiger partial charge < -0.3 is 9.47 Å². The molecule has 2 heterocycles. The van der Waals surface area contributed by atoms with Crippen molar-refractivity contribution >= 4 is 35.5 Å². The van der Waals surface area contributed by atoms with E-state index in [4.69, 9.17) is 9.47 Å². The van der Waals surface area contributed by atoms with Crippen molar-refractivity contribution in [2.24, 2.45) is 17.8 Å². The predicted octanol–water partition coefficient (Wildman–Crippen LogP) is 2.62. The second-order valence-electron chi connectivity index (χ2n) is 6.39. The first-order chi connectivity index (χ1) is 10.7. The highest BCUT2D eigenvalue weighted by atomic mass is 32.2. The van der Waals surface area contributed by atoms with E-state index < -0.39 is 0 Å². The molecule has 4 aliphatic rings. The van der Waals surface area contributed by atoms with Crippen LogP contribution in [0, 0.1) is 17.8 Å². The monoisotopic (exact) mass is 340 g/mol. The minimum absolute atomic E-state index is 0.0371. The normalized spacial score (nSPS) is 39.0. The zero-order valence-electron chi connectivity index (χ0n) is 12.6. The van der Waals surface area contributed by atoms with E-state index in [0.717, 1.165) is 12.8 Å². The molecular formula is C16H20O4S2. The molecule has 2 saturated heterocycles. The molecule has 1 saturated carbocycles. The fourth-order valence-corrected chi connectivity index (χ4v) is 7.98. The lowest BCUT2D eigenvalue weighted by Crippen LogP contribution is -2.46. The first kappa shape index (κ1) is 14.9. The highest BCUT2D eigenvalue weighted by Crippen LogP contribution is 2.61. The maximum absolute atomic E-state index is 12.4. The van der Waals surface area contributed by atoms with Crippen LogP contribution < -0.4 is 0 Å². The lowest BCUT2D eigenvalue weighted by molar-refractivity contribution is -0.154. The van der Waals surface area contributed by atoms with Gasteiger partial charge in [0.1, 0.15) is 6.10 Å². The maximum atomic E-state index is 12.4. The van der Waals surface area contributed by atoms with Crippen LogP contribution in [0.25, 0.3) is 0 Å². The van der Waals surface area contributed by atoms with Crippen molar-refractivity contribution in [3.63, 3.8) is 0 Å². The Morgan fingerprint density at radius 3 is 2.86 bits per heavy atom. The van der Waals surface area contributed by atoms with Gasteiger partial charge in [-0.15, -0.1) is 23.5 Å². The van der Waals surface area contributed by atoms with Crippen molar-refractivity contribution in [1.82, 2.24) is 0 Å². The Balaban J connectivity index is 1.73. The van der Waals surface area contributed by atoms with Crippen LogP contribution in [0.5, 0.6) is 0 Å². The zero-order chi connectivity index (χ0) is 15.3. The molecule has 2 aliphatic carbocycles. The summed E-state index contributed by atoms with van der Waals surface area (Å²) in [6.07, 6.45) is 6.03. The van der Waals surface area contributed by atoms with Gasteiger partial charge in [-0.25, -0.2) is 0 Å².